The van der Waals surface area contributed by atoms with Crippen LogP contribution in [0.1, 0.15) is 30.6 Å². The second-order valence-electron chi connectivity index (χ2n) is 4.55. The number of hydrogen-bond acceptors (Lipinski definition) is 2. The SMILES string of the molecule is CCC(C)CN(C)C(=O)c1ccc(OC)c(Br)c1. The molecule has 0 saturated heterocycles. The zero-order chi connectivity index (χ0) is 13.7. The molecule has 1 amide bonds. The van der Waals surface area contributed by atoms with Gasteiger partial charge < -0.3 is 9.64 Å². The van der Waals surface area contributed by atoms with Crippen molar-refractivity contribution in [3.05, 3.63) is 28.2 Å². The molecule has 0 aliphatic rings. The van der Waals surface area contributed by atoms with Crippen molar-refractivity contribution < 1.29 is 9.53 Å². The first kappa shape index (κ1) is 15.0. The third kappa shape index (κ3) is 3.73. The number of hydrogen-bond donors (Lipinski definition) is 0. The summed E-state index contributed by atoms with van der Waals surface area (Å²) in [4.78, 5) is 14.0. The van der Waals surface area contributed by atoms with E-state index in [-0.39, 0.29) is 5.91 Å². The third-order valence-electron chi connectivity index (χ3n) is 3.03. The van der Waals surface area contributed by atoms with E-state index in [1.165, 1.54) is 0 Å². The van der Waals surface area contributed by atoms with Gasteiger partial charge >= 0.3 is 0 Å². The first-order valence-electron chi connectivity index (χ1n) is 6.08. The Kier molecular flexibility index (Phi) is 5.66. The van der Waals surface area contributed by atoms with Crippen molar-refractivity contribution in [3.8, 4) is 5.75 Å². The molecule has 1 atom stereocenters. The molecule has 0 aliphatic heterocycles. The van der Waals surface area contributed by atoms with E-state index in [1.54, 1.807) is 30.2 Å². The van der Waals surface area contributed by atoms with Gasteiger partial charge in [-0.2, -0.15) is 0 Å². The average Bonchev–Trinajstić information content (AvgIpc) is 2.37. The summed E-state index contributed by atoms with van der Waals surface area (Å²) in [5.41, 5.74) is 0.675. The van der Waals surface area contributed by atoms with Crippen LogP contribution in [-0.4, -0.2) is 31.5 Å². The number of amides is 1. The molecule has 0 saturated carbocycles. The summed E-state index contributed by atoms with van der Waals surface area (Å²) in [5, 5.41) is 0. The molecule has 0 spiro atoms. The van der Waals surface area contributed by atoms with E-state index < -0.39 is 0 Å². The molecule has 0 N–H and O–H groups in total. The molecule has 0 bridgehead atoms. The maximum Gasteiger partial charge on any atom is 0.253 e. The molecule has 18 heavy (non-hydrogen) atoms. The fraction of sp³-hybridized carbons (Fsp3) is 0.500. The van der Waals surface area contributed by atoms with Crippen molar-refractivity contribution in [1.29, 1.82) is 0 Å². The molecule has 1 unspecified atom stereocenters. The highest BCUT2D eigenvalue weighted by molar-refractivity contribution is 9.10. The van der Waals surface area contributed by atoms with E-state index in [0.29, 0.717) is 11.5 Å². The van der Waals surface area contributed by atoms with Crippen LogP contribution >= 0.6 is 15.9 Å². The Morgan fingerprint density at radius 2 is 2.17 bits per heavy atom. The lowest BCUT2D eigenvalue weighted by Gasteiger charge is -2.21. The molecular weight excluding hydrogens is 294 g/mol. The predicted molar refractivity (Wildman–Crippen MR) is 77.1 cm³/mol. The molecule has 0 aliphatic carbocycles. The van der Waals surface area contributed by atoms with Crippen molar-refractivity contribution in [3.63, 3.8) is 0 Å². The summed E-state index contributed by atoms with van der Waals surface area (Å²) >= 11 is 3.39. The van der Waals surface area contributed by atoms with Crippen LogP contribution in [0.5, 0.6) is 5.75 Å². The molecular formula is C14H20BrNO2. The van der Waals surface area contributed by atoms with Crippen molar-refractivity contribution >= 4 is 21.8 Å². The Morgan fingerprint density at radius 3 is 2.67 bits per heavy atom. The van der Waals surface area contributed by atoms with Gasteiger partial charge in [-0.25, -0.2) is 0 Å². The zero-order valence-corrected chi connectivity index (χ0v) is 13.0. The Morgan fingerprint density at radius 1 is 1.50 bits per heavy atom. The van der Waals surface area contributed by atoms with E-state index in [0.717, 1.165) is 23.2 Å². The molecule has 1 aromatic rings. The molecule has 0 heterocycles. The maximum atomic E-state index is 12.2. The van der Waals surface area contributed by atoms with Crippen molar-refractivity contribution in [2.45, 2.75) is 20.3 Å². The van der Waals surface area contributed by atoms with Gasteiger partial charge in [0.2, 0.25) is 0 Å². The minimum atomic E-state index is 0.0404. The van der Waals surface area contributed by atoms with Crippen LogP contribution in [0.15, 0.2) is 22.7 Å². The molecule has 100 valence electrons. The van der Waals surface area contributed by atoms with Crippen molar-refractivity contribution in [2.24, 2.45) is 5.92 Å². The molecule has 3 nitrogen and oxygen atoms in total. The average molecular weight is 314 g/mol. The monoisotopic (exact) mass is 313 g/mol. The summed E-state index contributed by atoms with van der Waals surface area (Å²) < 4.78 is 5.95. The lowest BCUT2D eigenvalue weighted by molar-refractivity contribution is 0.0775. The van der Waals surface area contributed by atoms with E-state index in [9.17, 15) is 4.79 Å². The first-order valence-corrected chi connectivity index (χ1v) is 6.87. The van der Waals surface area contributed by atoms with Crippen LogP contribution in [0, 0.1) is 5.92 Å². The zero-order valence-electron chi connectivity index (χ0n) is 11.4. The minimum Gasteiger partial charge on any atom is -0.496 e. The number of carbonyl (C=O) groups is 1. The summed E-state index contributed by atoms with van der Waals surface area (Å²) in [5.74, 6) is 1.29. The highest BCUT2D eigenvalue weighted by atomic mass is 79.9. The highest BCUT2D eigenvalue weighted by Crippen LogP contribution is 2.26. The Hall–Kier alpha value is -1.03. The largest absolute Gasteiger partial charge is 0.496 e. The number of methoxy groups -OCH3 is 1. The fourth-order valence-corrected chi connectivity index (χ4v) is 2.24. The summed E-state index contributed by atoms with van der Waals surface area (Å²) in [6, 6.07) is 5.39. The molecule has 4 heteroatoms. The van der Waals surface area contributed by atoms with Gasteiger partial charge in [-0.05, 0) is 40.0 Å². The summed E-state index contributed by atoms with van der Waals surface area (Å²) in [6.07, 6.45) is 1.07. The van der Waals surface area contributed by atoms with Gasteiger partial charge in [-0.3, -0.25) is 4.79 Å². The highest BCUT2D eigenvalue weighted by Gasteiger charge is 2.15. The minimum absolute atomic E-state index is 0.0404. The number of benzene rings is 1. The smallest absolute Gasteiger partial charge is 0.253 e. The predicted octanol–water partition coefficient (Wildman–Crippen LogP) is 3.58. The lowest BCUT2D eigenvalue weighted by Crippen LogP contribution is -2.30. The van der Waals surface area contributed by atoms with E-state index in [4.69, 9.17) is 4.74 Å². The molecule has 0 aromatic heterocycles. The molecule has 1 aromatic carbocycles. The number of rotatable bonds is 5. The van der Waals surface area contributed by atoms with E-state index in [2.05, 4.69) is 29.8 Å². The number of nitrogens with zero attached hydrogens (tertiary/aromatic N) is 1. The summed E-state index contributed by atoms with van der Waals surface area (Å²) in [6.45, 7) is 5.06. The third-order valence-corrected chi connectivity index (χ3v) is 3.65. The van der Waals surface area contributed by atoms with Crippen molar-refractivity contribution in [1.82, 2.24) is 4.90 Å². The first-order chi connectivity index (χ1) is 8.49. The topological polar surface area (TPSA) is 29.5 Å². The fourth-order valence-electron chi connectivity index (χ4n) is 1.70. The van der Waals surface area contributed by atoms with E-state index >= 15 is 0 Å². The van der Waals surface area contributed by atoms with Gasteiger partial charge in [-0.15, -0.1) is 0 Å². The van der Waals surface area contributed by atoms with Crippen LogP contribution in [0.4, 0.5) is 0 Å². The van der Waals surface area contributed by atoms with Crippen LogP contribution in [0.2, 0.25) is 0 Å². The normalized spacial score (nSPS) is 12.1. The van der Waals surface area contributed by atoms with Gasteiger partial charge in [0, 0.05) is 19.2 Å². The van der Waals surface area contributed by atoms with Gasteiger partial charge in [0.15, 0.2) is 0 Å². The maximum absolute atomic E-state index is 12.2. The molecule has 0 radical (unpaired) electrons. The Balaban J connectivity index is 2.80. The van der Waals surface area contributed by atoms with Gasteiger partial charge in [0.1, 0.15) is 5.75 Å². The van der Waals surface area contributed by atoms with E-state index in [1.807, 2.05) is 7.05 Å². The molecule has 1 rings (SSSR count). The van der Waals surface area contributed by atoms with Crippen LogP contribution in [0.3, 0.4) is 0 Å². The standard InChI is InChI=1S/C14H20BrNO2/c1-5-10(2)9-16(3)14(17)11-6-7-13(18-4)12(15)8-11/h6-8,10H,5,9H2,1-4H3. The van der Waals surface area contributed by atoms with Gasteiger partial charge in [0.05, 0.1) is 11.6 Å². The quantitative estimate of drug-likeness (QED) is 0.831. The van der Waals surface area contributed by atoms with Crippen LogP contribution in [-0.2, 0) is 0 Å². The Labute approximate surface area is 117 Å². The summed E-state index contributed by atoms with van der Waals surface area (Å²) in [7, 11) is 3.45. The van der Waals surface area contributed by atoms with Gasteiger partial charge in [0.25, 0.3) is 5.91 Å². The second kappa shape index (κ2) is 6.78. The number of ether oxygens (including phenoxy) is 1. The number of halogens is 1. The molecule has 0 fully saturated rings. The van der Waals surface area contributed by atoms with Crippen LogP contribution < -0.4 is 4.74 Å². The van der Waals surface area contributed by atoms with Gasteiger partial charge in [-0.1, -0.05) is 20.3 Å². The Bertz CT molecular complexity index is 420. The number of carbonyl (C=O) groups excluding carboxylic acids is 1. The van der Waals surface area contributed by atoms with Crippen molar-refractivity contribution in [2.75, 3.05) is 20.7 Å². The second-order valence-corrected chi connectivity index (χ2v) is 5.40. The van der Waals surface area contributed by atoms with Crippen LogP contribution in [0.25, 0.3) is 0 Å². The lowest BCUT2D eigenvalue weighted by atomic mass is 10.1.